The molecule has 1 aliphatic heterocycles. The molecule has 7 nitrogen and oxygen atoms in total. The minimum Gasteiger partial charge on any atom is -0.462 e. The number of fused-ring (bicyclic) bond motifs is 3. The Hall–Kier alpha value is -2.15. The fourth-order valence-corrected chi connectivity index (χ4v) is 5.14. The molecule has 2 aliphatic carbocycles. The molecule has 27 heavy (non-hydrogen) atoms. The molecular formula is C20H26O7. The summed E-state index contributed by atoms with van der Waals surface area (Å²) in [6.07, 6.45) is 0.656. The molecule has 0 unspecified atom stereocenters. The number of rotatable bonds is 3. The molecule has 0 spiro atoms. The van der Waals surface area contributed by atoms with Crippen molar-refractivity contribution in [3.8, 4) is 0 Å². The van der Waals surface area contributed by atoms with Crippen LogP contribution in [0.25, 0.3) is 0 Å². The average Bonchev–Trinajstić information content (AvgIpc) is 2.99. The van der Waals surface area contributed by atoms with Crippen molar-refractivity contribution < 1.29 is 33.3 Å². The molecular weight excluding hydrogens is 352 g/mol. The molecule has 3 aliphatic rings. The summed E-state index contributed by atoms with van der Waals surface area (Å²) in [6, 6.07) is 0. The Morgan fingerprint density at radius 2 is 1.93 bits per heavy atom. The number of ether oxygens (including phenoxy) is 4. The Labute approximate surface area is 158 Å². The number of carbonyl (C=O) groups excluding carboxylic acids is 3. The van der Waals surface area contributed by atoms with Crippen LogP contribution in [0.3, 0.4) is 0 Å². The summed E-state index contributed by atoms with van der Waals surface area (Å²) >= 11 is 0. The number of methoxy groups -OCH3 is 1. The lowest BCUT2D eigenvalue weighted by atomic mass is 9.75. The van der Waals surface area contributed by atoms with Crippen molar-refractivity contribution in [2.24, 2.45) is 17.8 Å². The van der Waals surface area contributed by atoms with Crippen molar-refractivity contribution in [2.75, 3.05) is 7.11 Å². The fraction of sp³-hybridized carbons (Fsp3) is 0.650. The van der Waals surface area contributed by atoms with Crippen molar-refractivity contribution in [3.63, 3.8) is 0 Å². The molecule has 1 saturated carbocycles. The summed E-state index contributed by atoms with van der Waals surface area (Å²) in [6.45, 7) is 10.3. The Kier molecular flexibility index (Phi) is 4.93. The third-order valence-electron chi connectivity index (χ3n) is 5.99. The van der Waals surface area contributed by atoms with Crippen molar-refractivity contribution in [1.29, 1.82) is 0 Å². The third-order valence-corrected chi connectivity index (χ3v) is 5.99. The molecule has 0 N–H and O–H groups in total. The molecule has 1 saturated heterocycles. The molecule has 2 fully saturated rings. The minimum atomic E-state index is -0.970. The topological polar surface area (TPSA) is 88.1 Å². The molecule has 7 heteroatoms. The van der Waals surface area contributed by atoms with E-state index in [0.717, 1.165) is 5.57 Å². The van der Waals surface area contributed by atoms with Gasteiger partial charge >= 0.3 is 17.9 Å². The lowest BCUT2D eigenvalue weighted by Gasteiger charge is -2.40. The van der Waals surface area contributed by atoms with Gasteiger partial charge in [0.25, 0.3) is 0 Å². The van der Waals surface area contributed by atoms with E-state index in [1.54, 1.807) is 7.11 Å². The second kappa shape index (κ2) is 6.78. The highest BCUT2D eigenvalue weighted by Gasteiger charge is 2.62. The lowest BCUT2D eigenvalue weighted by molar-refractivity contribution is -0.175. The van der Waals surface area contributed by atoms with Crippen LogP contribution in [0, 0.1) is 17.8 Å². The van der Waals surface area contributed by atoms with Gasteiger partial charge in [-0.3, -0.25) is 9.59 Å². The Balaban J connectivity index is 2.14. The van der Waals surface area contributed by atoms with E-state index in [2.05, 4.69) is 6.58 Å². The molecule has 3 rings (SSSR count). The molecule has 0 amide bonds. The van der Waals surface area contributed by atoms with Crippen LogP contribution in [-0.4, -0.2) is 48.9 Å². The summed E-state index contributed by atoms with van der Waals surface area (Å²) in [5, 5.41) is 0. The first kappa shape index (κ1) is 19.6. The maximum atomic E-state index is 12.3. The van der Waals surface area contributed by atoms with Crippen LogP contribution in [0.15, 0.2) is 23.8 Å². The molecule has 0 radical (unpaired) electrons. The van der Waals surface area contributed by atoms with E-state index in [1.165, 1.54) is 13.8 Å². The summed E-state index contributed by atoms with van der Waals surface area (Å²) in [5.41, 5.74) is 0.305. The summed E-state index contributed by atoms with van der Waals surface area (Å²) in [7, 11) is 1.59. The zero-order valence-electron chi connectivity index (χ0n) is 16.3. The quantitative estimate of drug-likeness (QED) is 0.321. The van der Waals surface area contributed by atoms with E-state index in [4.69, 9.17) is 18.9 Å². The van der Waals surface area contributed by atoms with Crippen LogP contribution < -0.4 is 0 Å². The van der Waals surface area contributed by atoms with Crippen LogP contribution in [0.4, 0.5) is 0 Å². The van der Waals surface area contributed by atoms with Crippen LogP contribution in [0.5, 0.6) is 0 Å². The van der Waals surface area contributed by atoms with E-state index in [-0.39, 0.29) is 29.9 Å². The standard InChI is InChI=1S/C20H26O7/c1-9-7-13(24-6)17-15(9)18-16(10(2)19(23)26-18)14(25-11(3)21)8-20(17,5)27-12(4)22/h7,13-18H,2,8H2,1,3-6H3/t13-,14-,15-,16+,17+,18+,20+/m0/s1. The van der Waals surface area contributed by atoms with Gasteiger partial charge in [0.1, 0.15) is 17.8 Å². The molecule has 0 bridgehead atoms. The summed E-state index contributed by atoms with van der Waals surface area (Å²) < 4.78 is 22.7. The molecule has 0 aromatic rings. The molecule has 0 aromatic heterocycles. The van der Waals surface area contributed by atoms with Gasteiger partial charge in [-0.25, -0.2) is 4.79 Å². The molecule has 1 heterocycles. The summed E-state index contributed by atoms with van der Waals surface area (Å²) in [5.74, 6) is -2.39. The van der Waals surface area contributed by atoms with Gasteiger partial charge in [0.15, 0.2) is 0 Å². The van der Waals surface area contributed by atoms with Crippen molar-refractivity contribution >= 4 is 17.9 Å². The van der Waals surface area contributed by atoms with Gasteiger partial charge in [-0.15, -0.1) is 0 Å². The zero-order valence-corrected chi connectivity index (χ0v) is 16.3. The number of hydrogen-bond acceptors (Lipinski definition) is 7. The Morgan fingerprint density at radius 1 is 1.26 bits per heavy atom. The van der Waals surface area contributed by atoms with Gasteiger partial charge in [-0.2, -0.15) is 0 Å². The normalized spacial score (nSPS) is 40.4. The SMILES string of the molecule is C=C1C(=O)O[C@@H]2[C@H]3C(C)=C[C@H](OC)[C@H]3[C@](C)(OC(C)=O)C[C@H](OC(C)=O)[C@@H]12. The zero-order chi connectivity index (χ0) is 20.1. The predicted octanol–water partition coefficient (Wildman–Crippen LogP) is 1.95. The third kappa shape index (κ3) is 3.18. The van der Waals surface area contributed by atoms with Crippen molar-refractivity contribution in [2.45, 2.75) is 58.0 Å². The first-order valence-electron chi connectivity index (χ1n) is 9.06. The highest BCUT2D eigenvalue weighted by Crippen LogP contribution is 2.54. The van der Waals surface area contributed by atoms with Gasteiger partial charge in [0, 0.05) is 44.8 Å². The number of hydrogen-bond donors (Lipinski definition) is 0. The number of esters is 3. The van der Waals surface area contributed by atoms with Crippen LogP contribution in [0.1, 0.15) is 34.1 Å². The van der Waals surface area contributed by atoms with E-state index in [9.17, 15) is 14.4 Å². The first-order chi connectivity index (χ1) is 12.6. The molecule has 148 valence electrons. The van der Waals surface area contributed by atoms with Crippen LogP contribution in [0.2, 0.25) is 0 Å². The van der Waals surface area contributed by atoms with Crippen molar-refractivity contribution in [3.05, 3.63) is 23.8 Å². The average molecular weight is 378 g/mol. The highest BCUT2D eigenvalue weighted by atomic mass is 16.6. The van der Waals surface area contributed by atoms with Gasteiger partial charge in [0.2, 0.25) is 0 Å². The van der Waals surface area contributed by atoms with Gasteiger partial charge in [0.05, 0.1) is 12.0 Å². The second-order valence-corrected chi connectivity index (χ2v) is 7.84. The Morgan fingerprint density at radius 3 is 2.48 bits per heavy atom. The molecule has 7 atom stereocenters. The maximum absolute atomic E-state index is 12.3. The van der Waals surface area contributed by atoms with E-state index in [1.807, 2.05) is 19.9 Å². The minimum absolute atomic E-state index is 0.227. The van der Waals surface area contributed by atoms with E-state index >= 15 is 0 Å². The first-order valence-corrected chi connectivity index (χ1v) is 9.06. The maximum Gasteiger partial charge on any atom is 0.334 e. The smallest absolute Gasteiger partial charge is 0.334 e. The Bertz CT molecular complexity index is 724. The highest BCUT2D eigenvalue weighted by molar-refractivity contribution is 5.91. The fourth-order valence-electron chi connectivity index (χ4n) is 5.14. The van der Waals surface area contributed by atoms with Gasteiger partial charge < -0.3 is 18.9 Å². The van der Waals surface area contributed by atoms with Gasteiger partial charge in [-0.05, 0) is 13.8 Å². The summed E-state index contributed by atoms with van der Waals surface area (Å²) in [4.78, 5) is 35.9. The monoisotopic (exact) mass is 378 g/mol. The van der Waals surface area contributed by atoms with E-state index < -0.39 is 41.6 Å². The largest absolute Gasteiger partial charge is 0.462 e. The lowest BCUT2D eigenvalue weighted by Crippen LogP contribution is -2.48. The van der Waals surface area contributed by atoms with E-state index in [0.29, 0.717) is 0 Å². The van der Waals surface area contributed by atoms with Crippen LogP contribution >= 0.6 is 0 Å². The number of carbonyl (C=O) groups is 3. The van der Waals surface area contributed by atoms with Crippen molar-refractivity contribution in [1.82, 2.24) is 0 Å². The molecule has 0 aromatic carbocycles. The predicted molar refractivity (Wildman–Crippen MR) is 94.4 cm³/mol. The van der Waals surface area contributed by atoms with Crippen LogP contribution in [-0.2, 0) is 33.3 Å². The second-order valence-electron chi connectivity index (χ2n) is 7.84. The van der Waals surface area contributed by atoms with Gasteiger partial charge in [-0.1, -0.05) is 18.2 Å².